The van der Waals surface area contributed by atoms with Crippen molar-refractivity contribution in [2.45, 2.75) is 33.6 Å². The summed E-state index contributed by atoms with van der Waals surface area (Å²) in [6, 6.07) is 15.9. The van der Waals surface area contributed by atoms with Crippen molar-refractivity contribution in [2.75, 3.05) is 18.4 Å². The van der Waals surface area contributed by atoms with Gasteiger partial charge in [0.15, 0.2) is 0 Å². The van der Waals surface area contributed by atoms with E-state index in [0.29, 0.717) is 28.2 Å². The number of nitrogens with zero attached hydrogens (tertiary/aromatic N) is 4. The van der Waals surface area contributed by atoms with Gasteiger partial charge in [-0.15, -0.1) is 5.23 Å². The van der Waals surface area contributed by atoms with Crippen LogP contribution in [0.15, 0.2) is 77.1 Å². The average molecular weight is 519 g/mol. The predicted octanol–water partition coefficient (Wildman–Crippen LogP) is 4.70. The molecular formula is C28H30N4O6. The summed E-state index contributed by atoms with van der Waals surface area (Å²) in [6.45, 7) is 7.18. The molecule has 2 aromatic carbocycles. The molecule has 38 heavy (non-hydrogen) atoms. The largest absolute Gasteiger partial charge is 0.465 e. The molecule has 1 aliphatic rings. The number of para-hydroxylation sites is 1. The molecule has 198 valence electrons. The molecule has 2 atom stereocenters. The molecule has 4 rings (SSSR count). The van der Waals surface area contributed by atoms with Gasteiger partial charge in [-0.1, -0.05) is 30.3 Å². The maximum Gasteiger partial charge on any atom is 0.336 e. The number of aromatic nitrogens is 2. The monoisotopic (exact) mass is 518 g/mol. The van der Waals surface area contributed by atoms with Gasteiger partial charge < -0.3 is 9.47 Å². The molecule has 1 aliphatic heterocycles. The van der Waals surface area contributed by atoms with E-state index in [-0.39, 0.29) is 29.7 Å². The Hall–Kier alpha value is -4.28. The number of carbonyl (C=O) groups is 2. The van der Waals surface area contributed by atoms with Crippen molar-refractivity contribution in [3.8, 4) is 16.9 Å². The van der Waals surface area contributed by atoms with Gasteiger partial charge in [0.25, 0.3) is 0 Å². The van der Waals surface area contributed by atoms with Gasteiger partial charge in [0.05, 0.1) is 35.9 Å². The van der Waals surface area contributed by atoms with Crippen molar-refractivity contribution in [1.82, 2.24) is 9.78 Å². The smallest absolute Gasteiger partial charge is 0.336 e. The van der Waals surface area contributed by atoms with E-state index in [0.717, 1.165) is 5.69 Å². The number of hydrogen-bond donors (Lipinski definition) is 2. The van der Waals surface area contributed by atoms with Crippen molar-refractivity contribution in [2.24, 2.45) is 10.9 Å². The summed E-state index contributed by atoms with van der Waals surface area (Å²) in [5.74, 6) is -2.82. The first kappa shape index (κ1) is 26.8. The van der Waals surface area contributed by atoms with Crippen molar-refractivity contribution < 1.29 is 29.5 Å². The molecule has 0 amide bonds. The van der Waals surface area contributed by atoms with Crippen molar-refractivity contribution >= 4 is 23.3 Å². The summed E-state index contributed by atoms with van der Waals surface area (Å²) in [6.07, 6.45) is 1.77. The summed E-state index contributed by atoms with van der Waals surface area (Å²) >= 11 is 0. The number of esters is 2. The first-order valence-electron chi connectivity index (χ1n) is 12.3. The van der Waals surface area contributed by atoms with Crippen LogP contribution >= 0.6 is 0 Å². The second-order valence-electron chi connectivity index (χ2n) is 8.73. The fourth-order valence-electron chi connectivity index (χ4n) is 4.71. The van der Waals surface area contributed by atoms with Crippen LogP contribution in [0.1, 0.15) is 39.2 Å². The zero-order chi connectivity index (χ0) is 27.4. The zero-order valence-corrected chi connectivity index (χ0v) is 21.7. The van der Waals surface area contributed by atoms with E-state index in [9.17, 15) is 20.0 Å². The number of anilines is 1. The van der Waals surface area contributed by atoms with Crippen LogP contribution in [0, 0.1) is 5.92 Å². The van der Waals surface area contributed by atoms with Crippen LogP contribution < -0.4 is 5.23 Å². The minimum atomic E-state index is -0.902. The Morgan fingerprint density at radius 1 is 1.00 bits per heavy atom. The highest BCUT2D eigenvalue weighted by Gasteiger charge is 2.44. The number of allylic oxidation sites excluding steroid dienone is 1. The van der Waals surface area contributed by atoms with Crippen molar-refractivity contribution in [3.05, 3.63) is 77.6 Å². The van der Waals surface area contributed by atoms with Gasteiger partial charge in [-0.3, -0.25) is 20.2 Å². The minimum Gasteiger partial charge on any atom is -0.465 e. The average Bonchev–Trinajstić information content (AvgIpc) is 3.34. The first-order chi connectivity index (χ1) is 18.3. The molecular weight excluding hydrogens is 488 g/mol. The van der Waals surface area contributed by atoms with E-state index >= 15 is 0 Å². The normalized spacial score (nSPS) is 17.2. The maximum atomic E-state index is 13.3. The highest BCUT2D eigenvalue weighted by molar-refractivity contribution is 6.07. The number of rotatable bonds is 8. The predicted molar refractivity (Wildman–Crippen MR) is 140 cm³/mol. The van der Waals surface area contributed by atoms with Crippen molar-refractivity contribution in [1.29, 1.82) is 0 Å². The molecule has 10 heteroatoms. The first-order valence-corrected chi connectivity index (χ1v) is 12.3. The lowest BCUT2D eigenvalue weighted by Gasteiger charge is -2.31. The molecule has 0 spiro atoms. The fourth-order valence-corrected chi connectivity index (χ4v) is 4.71. The van der Waals surface area contributed by atoms with Gasteiger partial charge in [-0.25, -0.2) is 9.48 Å². The van der Waals surface area contributed by atoms with E-state index in [1.54, 1.807) is 56.8 Å². The number of hydrogen-bond acceptors (Lipinski definition) is 9. The van der Waals surface area contributed by atoms with Crippen molar-refractivity contribution in [3.63, 3.8) is 0 Å². The number of aliphatic imine (C=N–C) groups is 1. The van der Waals surface area contributed by atoms with Gasteiger partial charge in [-0.05, 0) is 52.0 Å². The van der Waals surface area contributed by atoms with E-state index in [1.165, 1.54) is 6.07 Å². The molecule has 0 aliphatic carbocycles. The summed E-state index contributed by atoms with van der Waals surface area (Å²) in [5, 5.41) is 24.1. The third kappa shape index (κ3) is 5.22. The minimum absolute atomic E-state index is 0.0181. The van der Waals surface area contributed by atoms with Gasteiger partial charge in [0.1, 0.15) is 5.92 Å². The molecule has 0 saturated carbocycles. The topological polar surface area (TPSA) is 126 Å². The molecule has 0 radical (unpaired) electrons. The molecule has 2 N–H and O–H groups in total. The van der Waals surface area contributed by atoms with Crippen LogP contribution in [0.2, 0.25) is 0 Å². The Bertz CT molecular complexity index is 1390. The van der Waals surface area contributed by atoms with Crippen LogP contribution in [-0.2, 0) is 19.1 Å². The molecule has 1 aromatic heterocycles. The Balaban J connectivity index is 2.01. The molecule has 0 saturated heterocycles. The van der Waals surface area contributed by atoms with Gasteiger partial charge in [-0.2, -0.15) is 5.10 Å². The van der Waals surface area contributed by atoms with Crippen LogP contribution in [0.4, 0.5) is 5.69 Å². The van der Waals surface area contributed by atoms with E-state index < -0.39 is 23.8 Å². The summed E-state index contributed by atoms with van der Waals surface area (Å²) in [4.78, 5) is 31.1. The van der Waals surface area contributed by atoms with E-state index in [4.69, 9.17) is 14.6 Å². The summed E-state index contributed by atoms with van der Waals surface area (Å²) in [7, 11) is 0. The van der Waals surface area contributed by atoms with Gasteiger partial charge >= 0.3 is 11.9 Å². The third-order valence-corrected chi connectivity index (χ3v) is 6.31. The SMILES string of the molecule is CCOC(=O)C1=C(C)N=C(C)C(C(=O)OCC)C1c1cn(-c2ccccc2)nc1-c1cccc(N(O)O)c1. The lowest BCUT2D eigenvalue weighted by atomic mass is 9.75. The molecule has 10 nitrogen and oxygen atoms in total. The van der Waals surface area contributed by atoms with E-state index in [2.05, 4.69) is 4.99 Å². The molecule has 3 aromatic rings. The molecule has 0 bridgehead atoms. The maximum absolute atomic E-state index is 13.3. The number of carbonyl (C=O) groups excluding carboxylic acids is 2. The Kier molecular flexibility index (Phi) is 8.04. The van der Waals surface area contributed by atoms with Gasteiger partial charge in [0.2, 0.25) is 0 Å². The number of ether oxygens (including phenoxy) is 2. The van der Waals surface area contributed by atoms with E-state index in [1.807, 2.05) is 30.3 Å². The summed E-state index contributed by atoms with van der Waals surface area (Å²) < 4.78 is 12.5. The second kappa shape index (κ2) is 11.4. The second-order valence-corrected chi connectivity index (χ2v) is 8.73. The summed E-state index contributed by atoms with van der Waals surface area (Å²) in [5.41, 5.74) is 3.61. The third-order valence-electron chi connectivity index (χ3n) is 6.31. The Morgan fingerprint density at radius 2 is 1.71 bits per heavy atom. The quantitative estimate of drug-likeness (QED) is 0.325. The van der Waals surface area contributed by atoms with Crippen LogP contribution in [0.5, 0.6) is 0 Å². The lowest BCUT2D eigenvalue weighted by molar-refractivity contribution is -0.146. The van der Waals surface area contributed by atoms with Crippen LogP contribution in [0.3, 0.4) is 0 Å². The highest BCUT2D eigenvalue weighted by Crippen LogP contribution is 2.44. The lowest BCUT2D eigenvalue weighted by Crippen LogP contribution is -2.36. The fraction of sp³-hybridized carbons (Fsp3) is 0.286. The Morgan fingerprint density at radius 3 is 2.37 bits per heavy atom. The van der Waals surface area contributed by atoms with Gasteiger partial charge in [0, 0.05) is 34.7 Å². The van der Waals surface area contributed by atoms with Crippen LogP contribution in [-0.4, -0.2) is 51.1 Å². The molecule has 2 heterocycles. The number of benzene rings is 2. The molecule has 2 unspecified atom stereocenters. The highest BCUT2D eigenvalue weighted by atomic mass is 16.8. The molecule has 0 fully saturated rings. The van der Waals surface area contributed by atoms with Crippen LogP contribution in [0.25, 0.3) is 16.9 Å². The zero-order valence-electron chi connectivity index (χ0n) is 21.7. The standard InChI is InChI=1S/C28H30N4O6/c1-5-37-27(33)23-17(3)29-18(4)24(28(34)38-6-2)25(23)22-16-31(20-12-8-7-9-13-20)30-26(22)19-11-10-14-21(15-19)32(35)36/h7-16,23,25,35-36H,5-6H2,1-4H3. The Labute approximate surface area is 220 Å².